The molecule has 0 atom stereocenters. The van der Waals surface area contributed by atoms with Gasteiger partial charge < -0.3 is 10.6 Å². The van der Waals surface area contributed by atoms with E-state index >= 15 is 0 Å². The fourth-order valence-electron chi connectivity index (χ4n) is 2.30. The maximum atomic E-state index is 12.3. The Morgan fingerprint density at radius 3 is 2.40 bits per heavy atom. The Hall–Kier alpha value is -1.79. The number of carbonyl (C=O) groups is 2. The standard InChI is InChI=1S/C19H21BrN2O2S/c1-11-5-6-16(21-14(4)23)17(7-11)22-19(24)10-25-18-9-12(2)15(20)8-13(18)3/h5-9H,10H2,1-4H3,(H,21,23)(H,22,24). The minimum atomic E-state index is -0.172. The maximum Gasteiger partial charge on any atom is 0.234 e. The summed E-state index contributed by atoms with van der Waals surface area (Å²) >= 11 is 5.02. The highest BCUT2D eigenvalue weighted by molar-refractivity contribution is 9.10. The summed E-state index contributed by atoms with van der Waals surface area (Å²) in [4.78, 5) is 24.7. The molecule has 0 aliphatic rings. The Labute approximate surface area is 160 Å². The normalized spacial score (nSPS) is 10.4. The van der Waals surface area contributed by atoms with Crippen LogP contribution in [0.15, 0.2) is 39.7 Å². The summed E-state index contributed by atoms with van der Waals surface area (Å²) in [6.45, 7) is 7.44. The van der Waals surface area contributed by atoms with E-state index in [4.69, 9.17) is 0 Å². The fraction of sp³-hybridized carbons (Fsp3) is 0.263. The Morgan fingerprint density at radius 1 is 1.00 bits per heavy atom. The average Bonchev–Trinajstić information content (AvgIpc) is 2.52. The molecule has 132 valence electrons. The van der Waals surface area contributed by atoms with Crippen molar-refractivity contribution < 1.29 is 9.59 Å². The summed E-state index contributed by atoms with van der Waals surface area (Å²) in [6.07, 6.45) is 0. The molecule has 0 heterocycles. The summed E-state index contributed by atoms with van der Waals surface area (Å²) in [5.74, 6) is 0.0203. The van der Waals surface area contributed by atoms with E-state index in [2.05, 4.69) is 38.7 Å². The van der Waals surface area contributed by atoms with Crippen LogP contribution >= 0.6 is 27.7 Å². The van der Waals surface area contributed by atoms with Crippen LogP contribution in [0.2, 0.25) is 0 Å². The number of hydrogen-bond donors (Lipinski definition) is 2. The molecular formula is C19H21BrN2O2S. The molecule has 25 heavy (non-hydrogen) atoms. The van der Waals surface area contributed by atoms with Gasteiger partial charge in [-0.2, -0.15) is 0 Å². The molecule has 4 nitrogen and oxygen atoms in total. The van der Waals surface area contributed by atoms with Crippen LogP contribution in [0.3, 0.4) is 0 Å². The van der Waals surface area contributed by atoms with Gasteiger partial charge in [0.1, 0.15) is 0 Å². The van der Waals surface area contributed by atoms with E-state index in [1.807, 2.05) is 32.9 Å². The summed E-state index contributed by atoms with van der Waals surface area (Å²) in [5.41, 5.74) is 4.50. The van der Waals surface area contributed by atoms with Crippen LogP contribution in [0.5, 0.6) is 0 Å². The fourth-order valence-corrected chi connectivity index (χ4v) is 3.66. The molecule has 0 bridgehead atoms. The number of thioether (sulfide) groups is 1. The van der Waals surface area contributed by atoms with Crippen LogP contribution in [-0.4, -0.2) is 17.6 Å². The molecular weight excluding hydrogens is 400 g/mol. The first-order valence-electron chi connectivity index (χ1n) is 7.84. The van der Waals surface area contributed by atoms with Crippen molar-refractivity contribution in [2.45, 2.75) is 32.6 Å². The number of hydrogen-bond acceptors (Lipinski definition) is 3. The Balaban J connectivity index is 2.07. The van der Waals surface area contributed by atoms with Crippen molar-refractivity contribution in [3.63, 3.8) is 0 Å². The predicted molar refractivity (Wildman–Crippen MR) is 108 cm³/mol. The van der Waals surface area contributed by atoms with E-state index < -0.39 is 0 Å². The number of aryl methyl sites for hydroxylation is 3. The molecule has 0 saturated heterocycles. The number of nitrogens with one attached hydrogen (secondary N) is 2. The van der Waals surface area contributed by atoms with E-state index in [0.29, 0.717) is 17.1 Å². The Kier molecular flexibility index (Phi) is 6.67. The second-order valence-electron chi connectivity index (χ2n) is 5.93. The monoisotopic (exact) mass is 420 g/mol. The molecule has 0 saturated carbocycles. The van der Waals surface area contributed by atoms with E-state index in [-0.39, 0.29) is 11.8 Å². The molecule has 0 radical (unpaired) electrons. The zero-order chi connectivity index (χ0) is 18.6. The Morgan fingerprint density at radius 2 is 1.72 bits per heavy atom. The van der Waals surface area contributed by atoms with Gasteiger partial charge >= 0.3 is 0 Å². The van der Waals surface area contributed by atoms with Crippen LogP contribution in [0.4, 0.5) is 11.4 Å². The third-order valence-corrected chi connectivity index (χ3v) is 5.59. The van der Waals surface area contributed by atoms with Crippen LogP contribution in [0.1, 0.15) is 23.6 Å². The number of benzene rings is 2. The van der Waals surface area contributed by atoms with Gasteiger partial charge in [-0.25, -0.2) is 0 Å². The van der Waals surface area contributed by atoms with Crippen LogP contribution < -0.4 is 10.6 Å². The maximum absolute atomic E-state index is 12.3. The predicted octanol–water partition coefficient (Wildman–Crippen LogP) is 5.06. The molecule has 6 heteroatoms. The molecule has 0 spiro atoms. The first-order valence-corrected chi connectivity index (χ1v) is 9.61. The number of anilines is 2. The molecule has 0 fully saturated rings. The number of rotatable bonds is 5. The molecule has 0 aromatic heterocycles. The van der Waals surface area contributed by atoms with E-state index in [1.54, 1.807) is 6.07 Å². The van der Waals surface area contributed by atoms with Gasteiger partial charge in [-0.15, -0.1) is 11.8 Å². The van der Waals surface area contributed by atoms with E-state index in [9.17, 15) is 9.59 Å². The zero-order valence-electron chi connectivity index (χ0n) is 14.7. The smallest absolute Gasteiger partial charge is 0.234 e. The van der Waals surface area contributed by atoms with Crippen molar-refractivity contribution in [3.05, 3.63) is 51.5 Å². The lowest BCUT2D eigenvalue weighted by Crippen LogP contribution is -2.17. The number of halogens is 1. The molecule has 0 aliphatic heterocycles. The van der Waals surface area contributed by atoms with E-state index in [0.717, 1.165) is 26.1 Å². The summed E-state index contributed by atoms with van der Waals surface area (Å²) in [6, 6.07) is 9.67. The Bertz CT molecular complexity index is 821. The quantitative estimate of drug-likeness (QED) is 0.664. The third-order valence-electron chi connectivity index (χ3n) is 3.57. The summed E-state index contributed by atoms with van der Waals surface area (Å²) < 4.78 is 1.07. The van der Waals surface area contributed by atoms with Gasteiger partial charge in [0.15, 0.2) is 0 Å². The average molecular weight is 421 g/mol. The lowest BCUT2D eigenvalue weighted by Gasteiger charge is -2.13. The largest absolute Gasteiger partial charge is 0.325 e. The molecule has 2 aromatic rings. The summed E-state index contributed by atoms with van der Waals surface area (Å²) in [5, 5.41) is 5.63. The minimum absolute atomic E-state index is 0.109. The van der Waals surface area contributed by atoms with Crippen molar-refractivity contribution in [3.8, 4) is 0 Å². The molecule has 2 aromatic carbocycles. The minimum Gasteiger partial charge on any atom is -0.325 e. The third kappa shape index (κ3) is 5.61. The number of carbonyl (C=O) groups excluding carboxylic acids is 2. The van der Waals surface area contributed by atoms with Crippen LogP contribution in [0.25, 0.3) is 0 Å². The first kappa shape index (κ1) is 19.5. The van der Waals surface area contributed by atoms with Crippen molar-refractivity contribution >= 4 is 50.9 Å². The van der Waals surface area contributed by atoms with E-state index in [1.165, 1.54) is 18.7 Å². The lowest BCUT2D eigenvalue weighted by molar-refractivity contribution is -0.115. The second-order valence-corrected chi connectivity index (χ2v) is 7.81. The molecule has 2 amide bonds. The molecule has 2 N–H and O–H groups in total. The van der Waals surface area contributed by atoms with Crippen LogP contribution in [0, 0.1) is 20.8 Å². The zero-order valence-corrected chi connectivity index (χ0v) is 17.1. The molecule has 0 unspecified atom stereocenters. The van der Waals surface area contributed by atoms with Gasteiger partial charge in [0.2, 0.25) is 11.8 Å². The topological polar surface area (TPSA) is 58.2 Å². The van der Waals surface area contributed by atoms with Gasteiger partial charge in [0.05, 0.1) is 17.1 Å². The van der Waals surface area contributed by atoms with Crippen molar-refractivity contribution in [2.24, 2.45) is 0 Å². The van der Waals surface area contributed by atoms with Gasteiger partial charge in [0, 0.05) is 16.3 Å². The lowest BCUT2D eigenvalue weighted by atomic mass is 10.2. The van der Waals surface area contributed by atoms with Crippen molar-refractivity contribution in [1.29, 1.82) is 0 Å². The second kappa shape index (κ2) is 8.54. The van der Waals surface area contributed by atoms with Gasteiger partial charge in [-0.05, 0) is 61.7 Å². The van der Waals surface area contributed by atoms with Gasteiger partial charge in [0.25, 0.3) is 0 Å². The first-order chi connectivity index (χ1) is 11.8. The van der Waals surface area contributed by atoms with Gasteiger partial charge in [-0.1, -0.05) is 22.0 Å². The number of amides is 2. The highest BCUT2D eigenvalue weighted by Crippen LogP contribution is 2.29. The molecule has 2 rings (SSSR count). The highest BCUT2D eigenvalue weighted by atomic mass is 79.9. The van der Waals surface area contributed by atoms with Gasteiger partial charge in [-0.3, -0.25) is 9.59 Å². The van der Waals surface area contributed by atoms with Crippen LogP contribution in [-0.2, 0) is 9.59 Å². The summed E-state index contributed by atoms with van der Waals surface area (Å²) in [7, 11) is 0. The molecule has 0 aliphatic carbocycles. The SMILES string of the molecule is CC(=O)Nc1ccc(C)cc1NC(=O)CSc1cc(C)c(Br)cc1C. The highest BCUT2D eigenvalue weighted by Gasteiger charge is 2.11. The van der Waals surface area contributed by atoms with Crippen molar-refractivity contribution in [2.75, 3.05) is 16.4 Å². The van der Waals surface area contributed by atoms with Crippen molar-refractivity contribution in [1.82, 2.24) is 0 Å².